The molecule has 2 aromatic heterocycles. The van der Waals surface area contributed by atoms with Gasteiger partial charge < -0.3 is 25.4 Å². The van der Waals surface area contributed by atoms with Gasteiger partial charge in [0.1, 0.15) is 6.54 Å². The van der Waals surface area contributed by atoms with E-state index < -0.39 is 17.8 Å². The van der Waals surface area contributed by atoms with E-state index in [-0.39, 0.29) is 63.7 Å². The quantitative estimate of drug-likeness (QED) is 0.431. The Labute approximate surface area is 248 Å². The van der Waals surface area contributed by atoms with Crippen LogP contribution in [0.1, 0.15) is 39.5 Å². The van der Waals surface area contributed by atoms with Crippen LogP contribution in [0.25, 0.3) is 11.3 Å². The zero-order chi connectivity index (χ0) is 31.1. The maximum atomic E-state index is 13.6. The number of nitrogens with one attached hydrogen (secondary N) is 1. The molecule has 1 saturated heterocycles. The molecule has 1 aliphatic heterocycles. The minimum absolute atomic E-state index is 0.0290. The Morgan fingerprint density at radius 2 is 1.84 bits per heavy atom. The second-order valence-electron chi connectivity index (χ2n) is 10.5. The third-order valence-electron chi connectivity index (χ3n) is 7.59. The number of imidazole rings is 1. The minimum Gasteiger partial charge on any atom is -0.339 e. The molecule has 2 aliphatic rings. The fraction of sp³-hybridized carbons (Fsp3) is 0.407. The normalized spacial score (nSPS) is 18.6. The number of rotatable bonds is 6. The SMILES string of the molecule is Cn1c(-c2cn(CC#N)nc2C(F)(F)F)cnc1C(=O)Nc1ccc(C(=O)N2CCN(C(=O)C3CC(N)C3)CC2)c(Cl)c1. The summed E-state index contributed by atoms with van der Waals surface area (Å²) in [6.07, 6.45) is -1.24. The number of alkyl halides is 3. The first-order valence-electron chi connectivity index (χ1n) is 13.4. The number of nitriles is 1. The van der Waals surface area contributed by atoms with E-state index in [1.165, 1.54) is 29.8 Å². The van der Waals surface area contributed by atoms with Gasteiger partial charge in [0.2, 0.25) is 5.91 Å². The van der Waals surface area contributed by atoms with Crippen LogP contribution in [-0.2, 0) is 24.6 Å². The Hall–Kier alpha value is -4.42. The Balaban J connectivity index is 1.25. The van der Waals surface area contributed by atoms with E-state index in [1.54, 1.807) is 15.9 Å². The fourth-order valence-electron chi connectivity index (χ4n) is 5.22. The summed E-state index contributed by atoms with van der Waals surface area (Å²) in [4.78, 5) is 46.1. The molecule has 3 heterocycles. The second kappa shape index (κ2) is 11.7. The first-order chi connectivity index (χ1) is 20.4. The van der Waals surface area contributed by atoms with Gasteiger partial charge in [0.05, 0.1) is 34.1 Å². The number of halogens is 4. The molecule has 0 bridgehead atoms. The molecule has 0 atom stereocenters. The monoisotopic (exact) mass is 617 g/mol. The van der Waals surface area contributed by atoms with Gasteiger partial charge in [0.25, 0.3) is 11.8 Å². The van der Waals surface area contributed by atoms with Gasteiger partial charge in [-0.25, -0.2) is 4.98 Å². The van der Waals surface area contributed by atoms with Crippen molar-refractivity contribution in [2.24, 2.45) is 18.7 Å². The molecular formula is C27H27ClF3N9O3. The average Bonchev–Trinajstić information content (AvgIpc) is 3.54. The van der Waals surface area contributed by atoms with Crippen LogP contribution in [-0.4, -0.2) is 79.1 Å². The van der Waals surface area contributed by atoms with Crippen molar-refractivity contribution in [3.05, 3.63) is 52.7 Å². The van der Waals surface area contributed by atoms with Gasteiger partial charge in [-0.15, -0.1) is 0 Å². The van der Waals surface area contributed by atoms with Crippen molar-refractivity contribution in [3.8, 4) is 17.3 Å². The highest BCUT2D eigenvalue weighted by Gasteiger charge is 2.39. The highest BCUT2D eigenvalue weighted by molar-refractivity contribution is 6.34. The Kier molecular flexibility index (Phi) is 8.17. The van der Waals surface area contributed by atoms with Gasteiger partial charge in [-0.05, 0) is 31.0 Å². The van der Waals surface area contributed by atoms with E-state index in [9.17, 15) is 27.6 Å². The molecule has 2 fully saturated rings. The highest BCUT2D eigenvalue weighted by atomic mass is 35.5. The van der Waals surface area contributed by atoms with Crippen molar-refractivity contribution in [2.45, 2.75) is 31.6 Å². The number of hydrogen-bond donors (Lipinski definition) is 2. The van der Waals surface area contributed by atoms with Crippen LogP contribution >= 0.6 is 11.6 Å². The Morgan fingerprint density at radius 3 is 2.44 bits per heavy atom. The molecule has 3 N–H and O–H groups in total. The summed E-state index contributed by atoms with van der Waals surface area (Å²) in [6.45, 7) is 1.14. The average molecular weight is 618 g/mol. The van der Waals surface area contributed by atoms with Crippen LogP contribution in [0, 0.1) is 17.2 Å². The van der Waals surface area contributed by atoms with Gasteiger partial charge in [-0.1, -0.05) is 11.6 Å². The van der Waals surface area contributed by atoms with E-state index in [1.807, 2.05) is 0 Å². The molecule has 1 saturated carbocycles. The number of piperazine rings is 1. The molecule has 16 heteroatoms. The molecule has 0 unspecified atom stereocenters. The summed E-state index contributed by atoms with van der Waals surface area (Å²) in [7, 11) is 1.38. The van der Waals surface area contributed by atoms with Crippen LogP contribution < -0.4 is 11.1 Å². The van der Waals surface area contributed by atoms with Crippen LogP contribution in [0.3, 0.4) is 0 Å². The molecule has 0 spiro atoms. The zero-order valence-corrected chi connectivity index (χ0v) is 23.7. The van der Waals surface area contributed by atoms with Crippen molar-refractivity contribution < 1.29 is 27.6 Å². The van der Waals surface area contributed by atoms with E-state index in [2.05, 4.69) is 15.4 Å². The summed E-state index contributed by atoms with van der Waals surface area (Å²) in [5, 5.41) is 15.0. The lowest BCUT2D eigenvalue weighted by molar-refractivity contribution is -0.141. The Morgan fingerprint density at radius 1 is 1.16 bits per heavy atom. The summed E-state index contributed by atoms with van der Waals surface area (Å²) in [6, 6.07) is 6.15. The van der Waals surface area contributed by atoms with E-state index in [4.69, 9.17) is 22.6 Å². The molecule has 5 rings (SSSR count). The first kappa shape index (κ1) is 30.1. The zero-order valence-electron chi connectivity index (χ0n) is 22.9. The standard InChI is InChI=1S/C27H27ClF3N9O3/c1-37-21(19-14-40(5-4-32)36-22(19)27(29,30)31)13-34-23(37)24(41)35-17-2-3-18(20(28)12-17)26(43)39-8-6-38(7-9-39)25(42)15-10-16(33)11-15/h2-3,12-16H,5-11,33H2,1H3,(H,35,41). The number of nitrogens with zero attached hydrogens (tertiary/aromatic N) is 7. The number of anilines is 1. The molecule has 12 nitrogen and oxygen atoms in total. The number of hydrogen-bond acceptors (Lipinski definition) is 7. The number of carbonyl (C=O) groups excluding carboxylic acids is 3. The topological polar surface area (TPSA) is 155 Å². The molecule has 43 heavy (non-hydrogen) atoms. The molecule has 1 aromatic carbocycles. The molecule has 226 valence electrons. The highest BCUT2D eigenvalue weighted by Crippen LogP contribution is 2.36. The van der Waals surface area contributed by atoms with Gasteiger partial charge >= 0.3 is 6.18 Å². The lowest BCUT2D eigenvalue weighted by Gasteiger charge is -2.40. The molecule has 1 aliphatic carbocycles. The predicted molar refractivity (Wildman–Crippen MR) is 148 cm³/mol. The largest absolute Gasteiger partial charge is 0.435 e. The Bertz CT molecular complexity index is 1610. The fourth-order valence-corrected chi connectivity index (χ4v) is 5.48. The van der Waals surface area contributed by atoms with Gasteiger partial charge in [-0.2, -0.15) is 23.5 Å². The third-order valence-corrected chi connectivity index (χ3v) is 7.90. The number of aromatic nitrogens is 4. The number of benzene rings is 1. The van der Waals surface area contributed by atoms with Crippen LogP contribution in [0.4, 0.5) is 18.9 Å². The van der Waals surface area contributed by atoms with Crippen LogP contribution in [0.5, 0.6) is 0 Å². The van der Waals surface area contributed by atoms with Gasteiger partial charge in [-0.3, -0.25) is 19.1 Å². The maximum Gasteiger partial charge on any atom is 0.435 e. The molecular weight excluding hydrogens is 591 g/mol. The van der Waals surface area contributed by atoms with Gasteiger partial charge in [0, 0.05) is 57.1 Å². The number of nitrogens with two attached hydrogens (primary N) is 1. The van der Waals surface area contributed by atoms with E-state index in [0.717, 1.165) is 17.1 Å². The number of amides is 3. The van der Waals surface area contributed by atoms with E-state index in [0.29, 0.717) is 39.0 Å². The molecule has 3 aromatic rings. The van der Waals surface area contributed by atoms with Crippen molar-refractivity contribution >= 4 is 35.0 Å². The van der Waals surface area contributed by atoms with Crippen molar-refractivity contribution in [1.29, 1.82) is 5.26 Å². The summed E-state index contributed by atoms with van der Waals surface area (Å²) in [5.74, 6) is -1.20. The van der Waals surface area contributed by atoms with Crippen LogP contribution in [0.15, 0.2) is 30.6 Å². The lowest BCUT2D eigenvalue weighted by atomic mass is 9.80. The van der Waals surface area contributed by atoms with Crippen molar-refractivity contribution in [2.75, 3.05) is 31.5 Å². The van der Waals surface area contributed by atoms with Crippen molar-refractivity contribution in [1.82, 2.24) is 29.1 Å². The summed E-state index contributed by atoms with van der Waals surface area (Å²) in [5.41, 5.74) is 4.68. The first-order valence-corrected chi connectivity index (χ1v) is 13.7. The molecule has 3 amide bonds. The summed E-state index contributed by atoms with van der Waals surface area (Å²) < 4.78 is 42.8. The smallest absolute Gasteiger partial charge is 0.339 e. The van der Waals surface area contributed by atoms with Crippen molar-refractivity contribution in [3.63, 3.8) is 0 Å². The van der Waals surface area contributed by atoms with Crippen LogP contribution in [0.2, 0.25) is 5.02 Å². The third kappa shape index (κ3) is 6.06. The second-order valence-corrected chi connectivity index (χ2v) is 10.9. The molecule has 0 radical (unpaired) electrons. The van der Waals surface area contributed by atoms with E-state index >= 15 is 0 Å². The minimum atomic E-state index is -4.80. The summed E-state index contributed by atoms with van der Waals surface area (Å²) >= 11 is 6.40. The maximum absolute atomic E-state index is 13.6. The predicted octanol–water partition coefficient (Wildman–Crippen LogP) is 2.75. The van der Waals surface area contributed by atoms with Gasteiger partial charge in [0.15, 0.2) is 11.5 Å². The lowest BCUT2D eigenvalue weighted by Crippen LogP contribution is -2.54. The number of carbonyl (C=O) groups is 3.